The number of hydrogen-bond acceptors (Lipinski definition) is 7. The molecule has 10 heteroatoms. The monoisotopic (exact) mass is 491 g/mol. The average Bonchev–Trinajstić information content (AvgIpc) is 3.61. The Balaban J connectivity index is 1.22. The van der Waals surface area contributed by atoms with Crippen LogP contribution >= 0.6 is 11.3 Å². The fraction of sp³-hybridized carbons (Fsp3) is 0.400. The van der Waals surface area contributed by atoms with E-state index in [2.05, 4.69) is 51.5 Å². The molecule has 0 unspecified atom stereocenters. The molecule has 2 amide bonds. The minimum Gasteiger partial charge on any atom is -0.315 e. The highest BCUT2D eigenvalue weighted by atomic mass is 32.1. The van der Waals surface area contributed by atoms with Gasteiger partial charge in [0.25, 0.3) is 5.91 Å². The third-order valence-electron chi connectivity index (χ3n) is 6.33. The number of nitrogens with one attached hydrogen (secondary N) is 1. The largest absolute Gasteiger partial charge is 0.315 e. The summed E-state index contributed by atoms with van der Waals surface area (Å²) in [4.78, 5) is 42.4. The fourth-order valence-electron chi connectivity index (χ4n) is 4.46. The van der Waals surface area contributed by atoms with Gasteiger partial charge in [-0.1, -0.05) is 50.5 Å². The van der Waals surface area contributed by atoms with Crippen LogP contribution in [0.15, 0.2) is 41.0 Å². The molecule has 0 radical (unpaired) electrons. The smallest absolute Gasteiger partial charge is 0.280 e. The predicted molar refractivity (Wildman–Crippen MR) is 138 cm³/mol. The first-order chi connectivity index (χ1) is 17.0. The summed E-state index contributed by atoms with van der Waals surface area (Å²) in [7, 11) is 1.69. The number of aliphatic imine (C=N–C) groups is 1. The quantitative estimate of drug-likeness (QED) is 0.456. The van der Waals surface area contributed by atoms with Crippen LogP contribution in [0.2, 0.25) is 0 Å². The number of unbranched alkanes of at least 4 members (excludes halogenated alkanes) is 3. The Bertz CT molecular complexity index is 1260. The van der Waals surface area contributed by atoms with E-state index in [0.29, 0.717) is 35.7 Å². The van der Waals surface area contributed by atoms with Gasteiger partial charge in [-0.2, -0.15) is 0 Å². The molecule has 0 spiro atoms. The van der Waals surface area contributed by atoms with Crippen molar-refractivity contribution in [2.75, 3.05) is 30.4 Å². The number of amides is 2. The van der Waals surface area contributed by atoms with Gasteiger partial charge < -0.3 is 9.88 Å². The number of rotatable bonds is 9. The minimum atomic E-state index is -0.259. The van der Waals surface area contributed by atoms with Crippen LogP contribution in [0.25, 0.3) is 11.3 Å². The summed E-state index contributed by atoms with van der Waals surface area (Å²) in [6, 6.07) is 8.49. The first-order valence-corrected chi connectivity index (χ1v) is 12.9. The van der Waals surface area contributed by atoms with Crippen LogP contribution in [0, 0.1) is 0 Å². The number of benzene rings is 1. The molecular weight excluding hydrogens is 462 g/mol. The highest BCUT2D eigenvalue weighted by molar-refractivity contribution is 7.14. The molecule has 3 aromatic rings. The van der Waals surface area contributed by atoms with Gasteiger partial charge in [0.2, 0.25) is 11.9 Å². The number of hydrogen-bond donors (Lipinski definition) is 1. The second-order valence-electron chi connectivity index (χ2n) is 8.84. The molecule has 2 aromatic heterocycles. The van der Waals surface area contributed by atoms with Gasteiger partial charge in [0.1, 0.15) is 6.54 Å². The SMILES string of the molecule is CCCCCCc1ccc(-c2csc(NC(=O)Cn3cnc4c3C(=O)N(C)C3=NCCN34)n2)cc1. The van der Waals surface area contributed by atoms with E-state index < -0.39 is 0 Å². The molecule has 9 nitrogen and oxygen atoms in total. The third-order valence-corrected chi connectivity index (χ3v) is 7.09. The van der Waals surface area contributed by atoms with Crippen LogP contribution in [0.1, 0.15) is 48.7 Å². The standard InChI is InChI=1S/C25H29N7O2S/c1-3-4-5-6-7-17-8-10-18(11-9-17)19-15-35-24(28-19)29-20(33)14-31-16-27-22-21(31)23(34)30(2)25-26-12-13-32(22)25/h8-11,15-16H,3-7,12-14H2,1-2H3,(H,28,29,33). The molecule has 2 aliphatic heterocycles. The normalized spacial score (nSPS) is 14.7. The Morgan fingerprint density at radius 3 is 2.80 bits per heavy atom. The van der Waals surface area contributed by atoms with Crippen molar-refractivity contribution in [1.82, 2.24) is 19.4 Å². The van der Waals surface area contributed by atoms with E-state index in [1.807, 2.05) is 10.3 Å². The Kier molecular flexibility index (Phi) is 6.63. The molecule has 0 saturated carbocycles. The summed E-state index contributed by atoms with van der Waals surface area (Å²) in [5.41, 5.74) is 3.60. The lowest BCUT2D eigenvalue weighted by atomic mass is 10.0. The number of carbonyl (C=O) groups is 2. The molecule has 182 valence electrons. The lowest BCUT2D eigenvalue weighted by molar-refractivity contribution is -0.116. The highest BCUT2D eigenvalue weighted by Gasteiger charge is 2.38. The molecule has 0 atom stereocenters. The molecule has 0 fully saturated rings. The average molecular weight is 492 g/mol. The van der Waals surface area contributed by atoms with Gasteiger partial charge >= 0.3 is 0 Å². The Morgan fingerprint density at radius 2 is 2.00 bits per heavy atom. The zero-order valence-electron chi connectivity index (χ0n) is 20.0. The van der Waals surface area contributed by atoms with Crippen molar-refractivity contribution >= 4 is 40.1 Å². The van der Waals surface area contributed by atoms with Crippen molar-refractivity contribution in [3.8, 4) is 11.3 Å². The molecule has 1 aromatic carbocycles. The van der Waals surface area contributed by atoms with Crippen LogP contribution in [0.3, 0.4) is 0 Å². The molecule has 35 heavy (non-hydrogen) atoms. The molecule has 5 rings (SSSR count). The summed E-state index contributed by atoms with van der Waals surface area (Å²) < 4.78 is 1.59. The molecule has 1 N–H and O–H groups in total. The summed E-state index contributed by atoms with van der Waals surface area (Å²) in [5, 5.41) is 5.33. The fourth-order valence-corrected chi connectivity index (χ4v) is 5.19. The Labute approximate surface area is 208 Å². The number of guanidine groups is 1. The van der Waals surface area contributed by atoms with Crippen LogP contribution in [0.5, 0.6) is 0 Å². The molecule has 0 saturated heterocycles. The van der Waals surface area contributed by atoms with Crippen molar-refractivity contribution in [2.24, 2.45) is 4.99 Å². The van der Waals surface area contributed by atoms with Crippen molar-refractivity contribution < 1.29 is 9.59 Å². The Morgan fingerprint density at radius 1 is 1.17 bits per heavy atom. The van der Waals surface area contributed by atoms with Crippen molar-refractivity contribution in [2.45, 2.75) is 45.6 Å². The highest BCUT2D eigenvalue weighted by Crippen LogP contribution is 2.29. The maximum Gasteiger partial charge on any atom is 0.280 e. The molecule has 0 bridgehead atoms. The minimum absolute atomic E-state index is 0.0239. The topological polar surface area (TPSA) is 95.7 Å². The van der Waals surface area contributed by atoms with Gasteiger partial charge in [0, 0.05) is 24.5 Å². The van der Waals surface area contributed by atoms with Crippen LogP contribution in [-0.2, 0) is 17.8 Å². The maximum atomic E-state index is 12.9. The number of nitrogens with zero attached hydrogens (tertiary/aromatic N) is 6. The number of anilines is 2. The van der Waals surface area contributed by atoms with Crippen LogP contribution < -0.4 is 10.2 Å². The first kappa shape index (κ1) is 23.2. The zero-order valence-corrected chi connectivity index (χ0v) is 20.8. The van der Waals surface area contributed by atoms with E-state index in [4.69, 9.17) is 0 Å². The second kappa shape index (κ2) is 9.99. The van der Waals surface area contributed by atoms with Gasteiger partial charge in [0.05, 0.1) is 18.6 Å². The molecule has 2 aliphatic rings. The second-order valence-corrected chi connectivity index (χ2v) is 9.69. The lowest BCUT2D eigenvalue weighted by Crippen LogP contribution is -2.48. The molecular formula is C25H29N7O2S. The van der Waals surface area contributed by atoms with Crippen molar-refractivity contribution in [1.29, 1.82) is 0 Å². The van der Waals surface area contributed by atoms with E-state index in [1.54, 1.807) is 11.6 Å². The Hall–Kier alpha value is -3.53. The van der Waals surface area contributed by atoms with Gasteiger partial charge in [-0.15, -0.1) is 11.3 Å². The lowest BCUT2D eigenvalue weighted by Gasteiger charge is -2.30. The number of aromatic nitrogens is 3. The molecule has 0 aliphatic carbocycles. The number of fused-ring (bicyclic) bond motifs is 3. The van der Waals surface area contributed by atoms with E-state index in [1.165, 1.54) is 53.8 Å². The van der Waals surface area contributed by atoms with Gasteiger partial charge in [-0.3, -0.25) is 24.4 Å². The summed E-state index contributed by atoms with van der Waals surface area (Å²) >= 11 is 1.38. The van der Waals surface area contributed by atoms with E-state index in [9.17, 15) is 9.59 Å². The first-order valence-electron chi connectivity index (χ1n) is 12.0. The van der Waals surface area contributed by atoms with Gasteiger partial charge in [-0.25, -0.2) is 9.97 Å². The van der Waals surface area contributed by atoms with Gasteiger partial charge in [-0.05, 0) is 18.4 Å². The molecule has 4 heterocycles. The van der Waals surface area contributed by atoms with E-state index in [0.717, 1.165) is 17.7 Å². The third kappa shape index (κ3) is 4.70. The van der Waals surface area contributed by atoms with Crippen LogP contribution in [0.4, 0.5) is 10.9 Å². The zero-order chi connectivity index (χ0) is 24.4. The van der Waals surface area contributed by atoms with Crippen LogP contribution in [-0.4, -0.2) is 57.3 Å². The summed E-state index contributed by atoms with van der Waals surface area (Å²) in [6.45, 7) is 3.49. The predicted octanol–water partition coefficient (Wildman–Crippen LogP) is 4.03. The number of thiazole rings is 1. The number of carbonyl (C=O) groups excluding carboxylic acids is 2. The van der Waals surface area contributed by atoms with E-state index >= 15 is 0 Å². The van der Waals surface area contributed by atoms with Crippen molar-refractivity contribution in [3.63, 3.8) is 0 Å². The summed E-state index contributed by atoms with van der Waals surface area (Å²) in [6.07, 6.45) is 7.66. The summed E-state index contributed by atoms with van der Waals surface area (Å²) in [5.74, 6) is 0.692. The number of imidazole rings is 1. The maximum absolute atomic E-state index is 12.9. The van der Waals surface area contributed by atoms with Gasteiger partial charge in [0.15, 0.2) is 16.6 Å². The van der Waals surface area contributed by atoms with E-state index in [-0.39, 0.29) is 18.4 Å². The van der Waals surface area contributed by atoms with Crippen molar-refractivity contribution in [3.05, 3.63) is 47.2 Å². The number of aryl methyl sites for hydroxylation is 1.